The van der Waals surface area contributed by atoms with Gasteiger partial charge in [-0.1, -0.05) is 0 Å². The molecule has 1 atom stereocenters. The van der Waals surface area contributed by atoms with Crippen LogP contribution in [-0.4, -0.2) is 65.8 Å². The number of pyridine rings is 1. The van der Waals surface area contributed by atoms with Crippen LogP contribution in [0.5, 0.6) is 0 Å². The molecule has 0 aliphatic carbocycles. The van der Waals surface area contributed by atoms with Gasteiger partial charge in [0.15, 0.2) is 0 Å². The molecular formula is C27H27N4O3Tl. The van der Waals surface area contributed by atoms with Crippen molar-refractivity contribution in [1.82, 2.24) is 9.88 Å². The second-order valence-corrected chi connectivity index (χ2v) is 11.0. The third-order valence-electron chi connectivity index (χ3n) is 6.21. The fourth-order valence-electron chi connectivity index (χ4n) is 4.48. The monoisotopic (exact) mass is 660 g/mol. The molecule has 2 amide bonds. The summed E-state index contributed by atoms with van der Waals surface area (Å²) in [4.78, 5) is 44.1. The number of allylic oxidation sites excluding steroid dienone is 2. The molecular weight excluding hydrogens is 633 g/mol. The number of carbonyl (C=O) groups is 3. The quantitative estimate of drug-likeness (QED) is 0.230. The molecule has 2 heterocycles. The van der Waals surface area contributed by atoms with Gasteiger partial charge in [0.2, 0.25) is 0 Å². The third kappa shape index (κ3) is 5.75. The van der Waals surface area contributed by atoms with Crippen molar-refractivity contribution in [1.29, 1.82) is 5.26 Å². The zero-order chi connectivity index (χ0) is 25.7. The number of nitrogens with one attached hydrogen (secondary N) is 1. The van der Waals surface area contributed by atoms with E-state index >= 15 is 0 Å². The summed E-state index contributed by atoms with van der Waals surface area (Å²) in [7, 11) is 0. The summed E-state index contributed by atoms with van der Waals surface area (Å²) < 4.78 is 1.01. The van der Waals surface area contributed by atoms with Crippen LogP contribution in [0.15, 0.2) is 48.3 Å². The normalized spacial score (nSPS) is 17.4. The van der Waals surface area contributed by atoms with E-state index in [1.54, 1.807) is 36.4 Å². The Morgan fingerprint density at radius 3 is 2.60 bits per heavy atom. The zero-order valence-electron chi connectivity index (χ0n) is 20.4. The molecule has 0 spiro atoms. The van der Waals surface area contributed by atoms with Crippen LogP contribution >= 0.6 is 0 Å². The Morgan fingerprint density at radius 1 is 1.29 bits per heavy atom. The average Bonchev–Trinajstić information content (AvgIpc) is 2.84. The summed E-state index contributed by atoms with van der Waals surface area (Å²) in [5.41, 5.74) is 4.83. The van der Waals surface area contributed by atoms with Crippen LogP contribution in [0.1, 0.15) is 50.3 Å². The number of piperidine rings is 1. The van der Waals surface area contributed by atoms with Crippen molar-refractivity contribution in [3.8, 4) is 6.07 Å². The van der Waals surface area contributed by atoms with Crippen molar-refractivity contribution >= 4 is 63.3 Å². The fraction of sp³-hybridized carbons (Fsp3) is 0.296. The molecule has 1 aliphatic rings. The van der Waals surface area contributed by atoms with Crippen LogP contribution < -0.4 is 8.44 Å². The van der Waals surface area contributed by atoms with Gasteiger partial charge in [-0.05, 0) is 6.07 Å². The number of anilines is 1. The number of amides is 2. The summed E-state index contributed by atoms with van der Waals surface area (Å²) >= 11 is 0.441. The fourth-order valence-corrected chi connectivity index (χ4v) is 6.30. The zero-order valence-corrected chi connectivity index (χ0v) is 24.9. The molecule has 0 radical (unpaired) electrons. The van der Waals surface area contributed by atoms with Gasteiger partial charge in [0.25, 0.3) is 0 Å². The predicted molar refractivity (Wildman–Crippen MR) is 137 cm³/mol. The molecule has 0 bridgehead atoms. The summed E-state index contributed by atoms with van der Waals surface area (Å²) in [6.07, 6.45) is 6.06. The Labute approximate surface area is 221 Å². The van der Waals surface area contributed by atoms with E-state index in [1.165, 1.54) is 6.92 Å². The number of likely N-dealkylation sites (tertiary alicyclic amines) is 1. The molecule has 1 aromatic carbocycles. The SMILES string of the molecule is C/C=C(/C(=O)C(=O)N1CC/C(=C(\C#N)c2cccnc2)CC1C)c1[c]([Tl])ccc(NC(C)=O)c1C. The molecule has 1 unspecified atom stereocenters. The molecule has 2 aromatic rings. The van der Waals surface area contributed by atoms with Crippen LogP contribution in [0.3, 0.4) is 0 Å². The first kappa shape index (κ1) is 26.5. The maximum atomic E-state index is 13.4. The van der Waals surface area contributed by atoms with Crippen molar-refractivity contribution < 1.29 is 14.4 Å². The first-order valence-electron chi connectivity index (χ1n) is 11.4. The molecule has 8 heteroatoms. The van der Waals surface area contributed by atoms with Gasteiger partial charge < -0.3 is 0 Å². The Hall–Kier alpha value is -3.13. The number of hydrogen-bond acceptors (Lipinski definition) is 5. The molecule has 7 nitrogen and oxygen atoms in total. The van der Waals surface area contributed by atoms with Crippen molar-refractivity contribution in [2.24, 2.45) is 0 Å². The number of carbonyl (C=O) groups excluding carboxylic acids is 3. The topological polar surface area (TPSA) is 103 Å². The number of hydrogen-bond donors (Lipinski definition) is 1. The molecule has 176 valence electrons. The van der Waals surface area contributed by atoms with Gasteiger partial charge in [0.05, 0.1) is 0 Å². The molecule has 0 saturated carbocycles. The Kier molecular flexibility index (Phi) is 8.73. The third-order valence-corrected chi connectivity index (χ3v) is 8.08. The van der Waals surface area contributed by atoms with Crippen LogP contribution in [0.2, 0.25) is 0 Å². The number of ketones is 1. The number of benzene rings is 1. The van der Waals surface area contributed by atoms with E-state index in [0.29, 0.717) is 62.0 Å². The number of Topliss-reactive ketones (excluding diaryl/α,β-unsaturated/α-hetero) is 1. The Morgan fingerprint density at radius 2 is 2.03 bits per heavy atom. The Balaban J connectivity index is 1.87. The number of nitrogens with zero attached hydrogens (tertiary/aromatic N) is 3. The number of aromatic nitrogens is 1. The van der Waals surface area contributed by atoms with Gasteiger partial charge in [-0.15, -0.1) is 0 Å². The van der Waals surface area contributed by atoms with E-state index in [9.17, 15) is 19.6 Å². The molecule has 1 aliphatic heterocycles. The van der Waals surface area contributed by atoms with E-state index in [4.69, 9.17) is 0 Å². The van der Waals surface area contributed by atoms with Crippen LogP contribution in [-0.2, 0) is 14.4 Å². The van der Waals surface area contributed by atoms with Crippen molar-refractivity contribution in [2.75, 3.05) is 11.9 Å². The predicted octanol–water partition coefficient (Wildman–Crippen LogP) is 3.10. The van der Waals surface area contributed by atoms with Crippen LogP contribution in [0, 0.1) is 18.3 Å². The Bertz CT molecular complexity index is 1280. The average molecular weight is 660 g/mol. The molecule has 1 aromatic heterocycles. The van der Waals surface area contributed by atoms with Crippen molar-refractivity contribution in [3.63, 3.8) is 0 Å². The van der Waals surface area contributed by atoms with Gasteiger partial charge in [-0.2, -0.15) is 0 Å². The minimum atomic E-state index is -0.551. The minimum absolute atomic E-state index is 0.193. The summed E-state index contributed by atoms with van der Waals surface area (Å²) in [6, 6.07) is 9.45. The van der Waals surface area contributed by atoms with Crippen LogP contribution in [0.25, 0.3) is 11.1 Å². The van der Waals surface area contributed by atoms with E-state index < -0.39 is 11.7 Å². The van der Waals surface area contributed by atoms with Gasteiger partial charge in [0, 0.05) is 6.20 Å². The molecule has 1 N–H and O–H groups in total. The van der Waals surface area contributed by atoms with Gasteiger partial charge in [0.1, 0.15) is 0 Å². The first-order chi connectivity index (χ1) is 16.7. The van der Waals surface area contributed by atoms with E-state index in [0.717, 1.165) is 25.4 Å². The molecule has 35 heavy (non-hydrogen) atoms. The summed E-state index contributed by atoms with van der Waals surface area (Å²) in [5.74, 6) is -1.29. The van der Waals surface area contributed by atoms with E-state index in [2.05, 4.69) is 16.4 Å². The molecule has 1 fully saturated rings. The second kappa shape index (κ2) is 11.5. The van der Waals surface area contributed by atoms with E-state index in [1.807, 2.05) is 32.0 Å². The standard InChI is InChI=1S/C27H27N4O3.Tl/c1-5-22(23-9-6-10-25(18(23)3)30-19(4)32)26(33)27(34)31-13-11-20(14-17(31)2)24(15-28)21-8-7-12-29-16-21;/h5-8,10,12,16-17H,11,13-14H2,1-4H3,(H,30,32);/b22-5+,24-20-;. The van der Waals surface area contributed by atoms with Gasteiger partial charge >= 0.3 is 205 Å². The second-order valence-electron chi connectivity index (χ2n) is 8.55. The first-order valence-corrected chi connectivity index (χ1v) is 13.6. The number of rotatable bonds is 5. The molecule has 3 rings (SSSR count). The van der Waals surface area contributed by atoms with E-state index in [-0.39, 0.29) is 11.9 Å². The van der Waals surface area contributed by atoms with Gasteiger partial charge in [-0.3, -0.25) is 4.98 Å². The van der Waals surface area contributed by atoms with Crippen molar-refractivity contribution in [2.45, 2.75) is 46.6 Å². The summed E-state index contributed by atoms with van der Waals surface area (Å²) in [5, 5.41) is 12.5. The number of nitriles is 1. The maximum absolute atomic E-state index is 13.4. The summed E-state index contributed by atoms with van der Waals surface area (Å²) in [6.45, 7) is 7.32. The molecule has 1 saturated heterocycles. The van der Waals surface area contributed by atoms with Gasteiger partial charge in [-0.25, -0.2) is 0 Å². The van der Waals surface area contributed by atoms with Crippen LogP contribution in [0.4, 0.5) is 5.69 Å². The van der Waals surface area contributed by atoms with Crippen molar-refractivity contribution in [3.05, 3.63) is 65.0 Å².